The van der Waals surface area contributed by atoms with Gasteiger partial charge >= 0.3 is 11.9 Å². The quantitative estimate of drug-likeness (QED) is 0.0325. The third-order valence-corrected chi connectivity index (χ3v) is 8.51. The highest BCUT2D eigenvalue weighted by Crippen LogP contribution is 2.33. The highest BCUT2D eigenvalue weighted by Gasteiger charge is 2.51. The SMILES string of the molecule is C=CC(=O)OCCCCCCOc1ccc(C(OO)c2ccc(/C=N/N=C/c3ccc(OC(=O)C4COC5C(OC)COC45)cc3)cc2F)cc1. The van der Waals surface area contributed by atoms with Gasteiger partial charge in [-0.25, -0.2) is 14.1 Å². The Kier molecular flexibility index (Phi) is 14.0. The molecule has 5 rings (SSSR count). The van der Waals surface area contributed by atoms with Crippen LogP contribution in [0, 0.1) is 11.7 Å². The average molecular weight is 705 g/mol. The molecule has 0 saturated carbocycles. The predicted octanol–water partition coefficient (Wildman–Crippen LogP) is 5.86. The number of halogens is 1. The van der Waals surface area contributed by atoms with Crippen LogP contribution in [0.25, 0.3) is 0 Å². The van der Waals surface area contributed by atoms with Crippen LogP contribution in [0.5, 0.6) is 11.5 Å². The van der Waals surface area contributed by atoms with Crippen molar-refractivity contribution in [3.63, 3.8) is 0 Å². The van der Waals surface area contributed by atoms with E-state index >= 15 is 4.39 Å². The Bertz CT molecular complexity index is 1660. The Labute approximate surface area is 295 Å². The van der Waals surface area contributed by atoms with Crippen molar-refractivity contribution in [2.24, 2.45) is 16.1 Å². The second kappa shape index (κ2) is 19.0. The van der Waals surface area contributed by atoms with Crippen LogP contribution in [-0.2, 0) is 33.4 Å². The minimum absolute atomic E-state index is 0.140. The van der Waals surface area contributed by atoms with Gasteiger partial charge in [-0.1, -0.05) is 30.8 Å². The van der Waals surface area contributed by atoms with Crippen LogP contribution >= 0.6 is 0 Å². The zero-order valence-electron chi connectivity index (χ0n) is 28.2. The molecule has 13 heteroatoms. The summed E-state index contributed by atoms with van der Waals surface area (Å²) < 4.78 is 48.2. The number of carbonyl (C=O) groups is 2. The Hall–Kier alpha value is -4.79. The number of carbonyl (C=O) groups excluding carboxylic acids is 2. The standard InChI is InChI=1S/C38H41FN2O10/c1-3-34(42)47-19-7-5-4-6-18-46-28-15-11-27(12-16-28)35(51-44)30-17-10-26(20-32(30)39)22-41-40-21-25-8-13-29(14-9-25)50-38(43)31-23-48-37-33(45-2)24-49-36(31)37/h3,8-17,20-22,31,33,35-37,44H,1,4-7,18-19,23-24H2,2H3/b40-21+,41-22+. The third-order valence-electron chi connectivity index (χ3n) is 8.51. The lowest BCUT2D eigenvalue weighted by atomic mass is 9.99. The molecule has 2 aliphatic rings. The molecule has 0 bridgehead atoms. The van der Waals surface area contributed by atoms with Gasteiger partial charge in [0.15, 0.2) is 0 Å². The van der Waals surface area contributed by atoms with E-state index in [-0.39, 0.29) is 30.5 Å². The van der Waals surface area contributed by atoms with Gasteiger partial charge < -0.3 is 28.4 Å². The summed E-state index contributed by atoms with van der Waals surface area (Å²) in [6.45, 7) is 4.84. The molecular formula is C38H41FN2O10. The van der Waals surface area contributed by atoms with Gasteiger partial charge in [-0.2, -0.15) is 10.2 Å². The molecule has 3 aromatic carbocycles. The number of methoxy groups -OCH3 is 1. The van der Waals surface area contributed by atoms with Crippen molar-refractivity contribution in [3.8, 4) is 11.5 Å². The summed E-state index contributed by atoms with van der Waals surface area (Å²) in [6, 6.07) is 18.0. The van der Waals surface area contributed by atoms with Gasteiger partial charge in [0.2, 0.25) is 0 Å². The summed E-state index contributed by atoms with van der Waals surface area (Å²) in [6.07, 6.45) is 5.59. The van der Waals surface area contributed by atoms with Crippen LogP contribution in [0.4, 0.5) is 4.39 Å². The normalized spacial score (nSPS) is 20.4. The monoisotopic (exact) mass is 704 g/mol. The van der Waals surface area contributed by atoms with Crippen molar-refractivity contribution in [1.29, 1.82) is 0 Å². The lowest BCUT2D eigenvalue weighted by Crippen LogP contribution is -2.34. The molecule has 5 unspecified atom stereocenters. The topological polar surface area (TPSA) is 144 Å². The van der Waals surface area contributed by atoms with Gasteiger partial charge in [0.25, 0.3) is 0 Å². The number of hydrogen-bond donors (Lipinski definition) is 1. The van der Waals surface area contributed by atoms with Gasteiger partial charge in [-0.05, 0) is 84.8 Å². The van der Waals surface area contributed by atoms with Gasteiger partial charge in [0.1, 0.15) is 47.7 Å². The molecule has 0 amide bonds. The predicted molar refractivity (Wildman–Crippen MR) is 185 cm³/mol. The molecule has 12 nitrogen and oxygen atoms in total. The first-order valence-corrected chi connectivity index (χ1v) is 16.7. The van der Waals surface area contributed by atoms with E-state index in [9.17, 15) is 14.8 Å². The lowest BCUT2D eigenvalue weighted by Gasteiger charge is -2.16. The second-order valence-corrected chi connectivity index (χ2v) is 11.9. The fourth-order valence-electron chi connectivity index (χ4n) is 5.73. The van der Waals surface area contributed by atoms with E-state index < -0.39 is 29.8 Å². The zero-order chi connectivity index (χ0) is 36.0. The molecule has 2 saturated heterocycles. The second-order valence-electron chi connectivity index (χ2n) is 11.9. The maximum absolute atomic E-state index is 15.1. The van der Waals surface area contributed by atoms with E-state index in [1.165, 1.54) is 24.6 Å². The minimum Gasteiger partial charge on any atom is -0.494 e. The van der Waals surface area contributed by atoms with Crippen molar-refractivity contribution >= 4 is 24.4 Å². The van der Waals surface area contributed by atoms with Crippen LogP contribution < -0.4 is 9.47 Å². The van der Waals surface area contributed by atoms with Crippen molar-refractivity contribution in [2.45, 2.75) is 50.1 Å². The highest BCUT2D eigenvalue weighted by atomic mass is 19.1. The molecule has 51 heavy (non-hydrogen) atoms. The molecule has 2 fully saturated rings. The van der Waals surface area contributed by atoms with Crippen molar-refractivity contribution in [2.75, 3.05) is 33.5 Å². The molecule has 270 valence electrons. The van der Waals surface area contributed by atoms with Crippen molar-refractivity contribution in [1.82, 2.24) is 0 Å². The van der Waals surface area contributed by atoms with Gasteiger partial charge in [0.05, 0.1) is 38.9 Å². The van der Waals surface area contributed by atoms with E-state index in [2.05, 4.69) is 21.7 Å². The molecule has 5 atom stereocenters. The molecule has 3 aromatic rings. The lowest BCUT2D eigenvalue weighted by molar-refractivity contribution is -0.271. The average Bonchev–Trinajstić information content (AvgIpc) is 3.76. The van der Waals surface area contributed by atoms with Crippen LogP contribution in [0.15, 0.2) is 89.6 Å². The van der Waals surface area contributed by atoms with E-state index in [0.717, 1.165) is 31.8 Å². The van der Waals surface area contributed by atoms with Crippen LogP contribution in [-0.4, -0.2) is 81.5 Å². The highest BCUT2D eigenvalue weighted by molar-refractivity contribution is 5.83. The molecule has 2 aliphatic heterocycles. The number of ether oxygens (including phenoxy) is 6. The first-order chi connectivity index (χ1) is 24.9. The van der Waals surface area contributed by atoms with E-state index in [0.29, 0.717) is 48.0 Å². The molecule has 2 heterocycles. The number of unbranched alkanes of at least 4 members (excludes halogenated alkanes) is 3. The molecule has 0 aliphatic carbocycles. The largest absolute Gasteiger partial charge is 0.494 e. The van der Waals surface area contributed by atoms with E-state index in [1.54, 1.807) is 61.7 Å². The molecule has 0 aromatic heterocycles. The summed E-state index contributed by atoms with van der Waals surface area (Å²) in [5.74, 6) is -0.950. The minimum atomic E-state index is -1.05. The van der Waals surface area contributed by atoms with E-state index in [4.69, 9.17) is 28.4 Å². The fourth-order valence-corrected chi connectivity index (χ4v) is 5.73. The first-order valence-electron chi connectivity index (χ1n) is 16.7. The van der Waals surface area contributed by atoms with Crippen molar-refractivity contribution < 1.29 is 52.5 Å². The number of rotatable bonds is 18. The summed E-state index contributed by atoms with van der Waals surface area (Å²) in [4.78, 5) is 28.4. The number of esters is 2. The Morgan fingerprint density at radius 3 is 2.25 bits per heavy atom. The summed E-state index contributed by atoms with van der Waals surface area (Å²) in [7, 11) is 1.59. The van der Waals surface area contributed by atoms with Crippen molar-refractivity contribution in [3.05, 3.63) is 107 Å². The van der Waals surface area contributed by atoms with Gasteiger partial charge in [0, 0.05) is 18.7 Å². The maximum Gasteiger partial charge on any atom is 0.330 e. The van der Waals surface area contributed by atoms with Gasteiger partial charge in [-0.3, -0.25) is 10.1 Å². The smallest absolute Gasteiger partial charge is 0.330 e. The summed E-state index contributed by atoms with van der Waals surface area (Å²) in [5.41, 5.74) is 1.84. The van der Waals surface area contributed by atoms with Crippen LogP contribution in [0.2, 0.25) is 0 Å². The zero-order valence-corrected chi connectivity index (χ0v) is 28.2. The third kappa shape index (κ3) is 10.4. The van der Waals surface area contributed by atoms with Crippen LogP contribution in [0.3, 0.4) is 0 Å². The first kappa shape index (κ1) is 37.5. The number of hydrogen-bond acceptors (Lipinski definition) is 12. The van der Waals surface area contributed by atoms with Crippen LogP contribution in [0.1, 0.15) is 54.0 Å². The van der Waals surface area contributed by atoms with Gasteiger partial charge in [-0.15, -0.1) is 0 Å². The number of benzene rings is 3. The number of nitrogens with zero attached hydrogens (tertiary/aromatic N) is 2. The molecule has 0 radical (unpaired) electrons. The Morgan fingerprint density at radius 2 is 1.57 bits per heavy atom. The maximum atomic E-state index is 15.1. The fraction of sp³-hybridized carbons (Fsp3) is 0.368. The molecular weight excluding hydrogens is 663 g/mol. The Balaban J connectivity index is 1.06. The Morgan fingerprint density at radius 1 is 0.902 bits per heavy atom. The number of fused-ring (bicyclic) bond motifs is 1. The molecule has 1 N–H and O–H groups in total. The summed E-state index contributed by atoms with van der Waals surface area (Å²) in [5, 5.41) is 17.7. The molecule has 0 spiro atoms. The van der Waals surface area contributed by atoms with E-state index in [1.807, 2.05) is 0 Å². The summed E-state index contributed by atoms with van der Waals surface area (Å²) >= 11 is 0.